The molecule has 6 nitrogen and oxygen atoms in total. The van der Waals surface area contributed by atoms with Crippen molar-refractivity contribution in [3.05, 3.63) is 111 Å². The highest BCUT2D eigenvalue weighted by Gasteiger charge is 2.26. The first-order valence-electron chi connectivity index (χ1n) is 10.8. The van der Waals surface area contributed by atoms with Crippen LogP contribution in [0.25, 0.3) is 10.9 Å². The van der Waals surface area contributed by atoms with Gasteiger partial charge < -0.3 is 9.88 Å². The number of nitrogens with one attached hydrogen (secondary N) is 1. The van der Waals surface area contributed by atoms with Gasteiger partial charge in [-0.2, -0.15) is 0 Å². The first kappa shape index (κ1) is 23.1. The molecule has 1 aromatic heterocycles. The lowest BCUT2D eigenvalue weighted by atomic mass is 10.0. The second kappa shape index (κ2) is 9.43. The summed E-state index contributed by atoms with van der Waals surface area (Å²) in [5.74, 6) is -2.40. The standard InChI is InChI=1S/C26H23F2N3O3/c1-16(2)25-24(26(32)29-14-18-8-11-21(27)22(28)12-18)20-10-9-19(31(33)34)13-23(20)30(25)15-17-6-4-3-5-7-17/h3-13,16H,14-15H2,1-2H3,(H,29,32). The van der Waals surface area contributed by atoms with E-state index in [-0.39, 0.29) is 24.1 Å². The monoisotopic (exact) mass is 463 g/mol. The lowest BCUT2D eigenvalue weighted by Gasteiger charge is -2.15. The van der Waals surface area contributed by atoms with Crippen LogP contribution in [0.15, 0.2) is 66.7 Å². The summed E-state index contributed by atoms with van der Waals surface area (Å²) in [6, 6.07) is 17.6. The Kier molecular flexibility index (Phi) is 6.40. The van der Waals surface area contributed by atoms with Gasteiger partial charge in [-0.3, -0.25) is 14.9 Å². The van der Waals surface area contributed by atoms with E-state index in [4.69, 9.17) is 0 Å². The molecule has 0 spiro atoms. The normalized spacial score (nSPS) is 11.2. The fraction of sp³-hybridized carbons (Fsp3) is 0.192. The summed E-state index contributed by atoms with van der Waals surface area (Å²) >= 11 is 0. The van der Waals surface area contributed by atoms with Crippen molar-refractivity contribution >= 4 is 22.5 Å². The average Bonchev–Trinajstić information content (AvgIpc) is 3.14. The van der Waals surface area contributed by atoms with Gasteiger partial charge >= 0.3 is 0 Å². The van der Waals surface area contributed by atoms with Crippen LogP contribution in [-0.2, 0) is 13.1 Å². The summed E-state index contributed by atoms with van der Waals surface area (Å²) < 4.78 is 28.7. The molecule has 34 heavy (non-hydrogen) atoms. The molecular weight excluding hydrogens is 440 g/mol. The minimum Gasteiger partial charge on any atom is -0.348 e. The zero-order valence-electron chi connectivity index (χ0n) is 18.7. The number of aromatic nitrogens is 1. The van der Waals surface area contributed by atoms with Crippen LogP contribution in [-0.4, -0.2) is 15.4 Å². The SMILES string of the molecule is CC(C)c1c(C(=O)NCc2ccc(F)c(F)c2)c2ccc([N+](=O)[O-])cc2n1Cc1ccccc1. The third-order valence-corrected chi connectivity index (χ3v) is 5.69. The molecule has 1 N–H and O–H groups in total. The van der Waals surface area contributed by atoms with Crippen molar-refractivity contribution in [2.75, 3.05) is 0 Å². The number of carbonyl (C=O) groups excluding carboxylic acids is 1. The van der Waals surface area contributed by atoms with Crippen LogP contribution in [0.5, 0.6) is 0 Å². The van der Waals surface area contributed by atoms with Crippen LogP contribution >= 0.6 is 0 Å². The number of fused-ring (bicyclic) bond motifs is 1. The molecule has 0 radical (unpaired) electrons. The number of hydrogen-bond acceptors (Lipinski definition) is 3. The molecule has 174 valence electrons. The van der Waals surface area contributed by atoms with Gasteiger partial charge in [0.25, 0.3) is 11.6 Å². The smallest absolute Gasteiger partial charge is 0.271 e. The maximum Gasteiger partial charge on any atom is 0.271 e. The number of amides is 1. The van der Waals surface area contributed by atoms with E-state index in [1.54, 1.807) is 6.07 Å². The van der Waals surface area contributed by atoms with Gasteiger partial charge in [-0.25, -0.2) is 8.78 Å². The number of benzene rings is 3. The van der Waals surface area contributed by atoms with Gasteiger partial charge in [-0.05, 0) is 35.2 Å². The number of nitrogens with zero attached hydrogens (tertiary/aromatic N) is 2. The second-order valence-corrected chi connectivity index (χ2v) is 8.38. The van der Waals surface area contributed by atoms with E-state index >= 15 is 0 Å². The van der Waals surface area contributed by atoms with Gasteiger partial charge in [0.1, 0.15) is 0 Å². The third kappa shape index (κ3) is 4.52. The van der Waals surface area contributed by atoms with E-state index in [0.717, 1.165) is 23.4 Å². The molecule has 3 aromatic carbocycles. The quantitative estimate of drug-likeness (QED) is 0.273. The molecule has 0 fully saturated rings. The van der Waals surface area contributed by atoms with E-state index in [1.165, 1.54) is 18.2 Å². The topological polar surface area (TPSA) is 77.2 Å². The van der Waals surface area contributed by atoms with Gasteiger partial charge in [-0.1, -0.05) is 50.2 Å². The van der Waals surface area contributed by atoms with Crippen LogP contribution in [0.4, 0.5) is 14.5 Å². The van der Waals surface area contributed by atoms with E-state index in [2.05, 4.69) is 5.32 Å². The summed E-state index contributed by atoms with van der Waals surface area (Å²) in [5, 5.41) is 14.8. The Labute approximate surface area is 195 Å². The fourth-order valence-corrected chi connectivity index (χ4v) is 4.17. The summed E-state index contributed by atoms with van der Waals surface area (Å²) in [7, 11) is 0. The van der Waals surface area contributed by atoms with Crippen molar-refractivity contribution in [2.24, 2.45) is 0 Å². The van der Waals surface area contributed by atoms with Crippen molar-refractivity contribution in [3.8, 4) is 0 Å². The lowest BCUT2D eigenvalue weighted by molar-refractivity contribution is -0.384. The Balaban J connectivity index is 1.81. The van der Waals surface area contributed by atoms with Crippen molar-refractivity contribution in [1.82, 2.24) is 9.88 Å². The number of carbonyl (C=O) groups is 1. The summed E-state index contributed by atoms with van der Waals surface area (Å²) in [6.07, 6.45) is 0. The molecule has 1 heterocycles. The van der Waals surface area contributed by atoms with E-state index in [1.807, 2.05) is 48.7 Å². The maximum absolute atomic E-state index is 13.6. The summed E-state index contributed by atoms with van der Waals surface area (Å²) in [6.45, 7) is 4.35. The zero-order valence-corrected chi connectivity index (χ0v) is 18.7. The average molecular weight is 463 g/mol. The van der Waals surface area contributed by atoms with Crippen LogP contribution in [0.1, 0.15) is 46.9 Å². The first-order chi connectivity index (χ1) is 16.3. The van der Waals surface area contributed by atoms with Gasteiger partial charge in [0.15, 0.2) is 11.6 Å². The molecule has 4 rings (SSSR count). The minimum atomic E-state index is -0.985. The Morgan fingerprint density at radius 2 is 1.74 bits per heavy atom. The summed E-state index contributed by atoms with van der Waals surface area (Å²) in [4.78, 5) is 24.4. The fourth-order valence-electron chi connectivity index (χ4n) is 4.17. The summed E-state index contributed by atoms with van der Waals surface area (Å²) in [5.41, 5.74) is 3.08. The number of halogens is 2. The van der Waals surface area contributed by atoms with Crippen LogP contribution in [0, 0.1) is 21.7 Å². The highest BCUT2D eigenvalue weighted by atomic mass is 19.2. The van der Waals surface area contributed by atoms with E-state index in [9.17, 15) is 23.7 Å². The van der Waals surface area contributed by atoms with Gasteiger partial charge in [-0.15, -0.1) is 0 Å². The Morgan fingerprint density at radius 3 is 2.38 bits per heavy atom. The number of rotatable bonds is 7. The highest BCUT2D eigenvalue weighted by Crippen LogP contribution is 2.34. The molecule has 8 heteroatoms. The van der Waals surface area contributed by atoms with E-state index < -0.39 is 16.6 Å². The predicted octanol–water partition coefficient (Wildman–Crippen LogP) is 5.93. The molecule has 0 aliphatic heterocycles. The molecule has 0 atom stereocenters. The van der Waals surface area contributed by atoms with Crippen molar-refractivity contribution in [3.63, 3.8) is 0 Å². The third-order valence-electron chi connectivity index (χ3n) is 5.69. The minimum absolute atomic E-state index is 0.00586. The Morgan fingerprint density at radius 1 is 1.00 bits per heavy atom. The first-order valence-corrected chi connectivity index (χ1v) is 10.8. The predicted molar refractivity (Wildman–Crippen MR) is 126 cm³/mol. The number of hydrogen-bond donors (Lipinski definition) is 1. The van der Waals surface area contributed by atoms with Crippen LogP contribution in [0.3, 0.4) is 0 Å². The van der Waals surface area contributed by atoms with Gasteiger partial charge in [0.2, 0.25) is 0 Å². The van der Waals surface area contributed by atoms with Gasteiger partial charge in [0.05, 0.1) is 16.0 Å². The molecule has 4 aromatic rings. The molecule has 0 saturated heterocycles. The van der Waals surface area contributed by atoms with E-state index in [0.29, 0.717) is 28.6 Å². The molecule has 0 aliphatic rings. The molecule has 0 saturated carbocycles. The van der Waals surface area contributed by atoms with Gasteiger partial charge in [0, 0.05) is 36.3 Å². The highest BCUT2D eigenvalue weighted by molar-refractivity contribution is 6.09. The second-order valence-electron chi connectivity index (χ2n) is 8.38. The molecular formula is C26H23F2N3O3. The Hall–Kier alpha value is -4.07. The number of non-ortho nitro benzene ring substituents is 1. The molecule has 0 bridgehead atoms. The van der Waals surface area contributed by atoms with Crippen molar-refractivity contribution < 1.29 is 18.5 Å². The maximum atomic E-state index is 13.6. The lowest BCUT2D eigenvalue weighted by Crippen LogP contribution is -2.24. The number of nitro groups is 1. The Bertz CT molecular complexity index is 1380. The largest absolute Gasteiger partial charge is 0.348 e. The van der Waals surface area contributed by atoms with Crippen molar-refractivity contribution in [1.29, 1.82) is 0 Å². The molecule has 1 amide bonds. The van der Waals surface area contributed by atoms with Crippen molar-refractivity contribution in [2.45, 2.75) is 32.9 Å². The zero-order chi connectivity index (χ0) is 24.4. The number of nitro benzene ring substituents is 1. The van der Waals surface area contributed by atoms with Crippen LogP contribution in [0.2, 0.25) is 0 Å². The molecule has 0 aliphatic carbocycles. The van der Waals surface area contributed by atoms with Crippen LogP contribution < -0.4 is 5.32 Å². The molecule has 0 unspecified atom stereocenters.